The van der Waals surface area contributed by atoms with E-state index in [4.69, 9.17) is 4.74 Å². The predicted molar refractivity (Wildman–Crippen MR) is 131 cm³/mol. The number of rotatable bonds is 15. The lowest BCUT2D eigenvalue weighted by molar-refractivity contribution is -0.140. The molecule has 0 radical (unpaired) electrons. The van der Waals surface area contributed by atoms with Crippen molar-refractivity contribution in [1.29, 1.82) is 0 Å². The lowest BCUT2D eigenvalue weighted by Gasteiger charge is -2.11. The molecule has 1 rings (SSSR count). The summed E-state index contributed by atoms with van der Waals surface area (Å²) in [6.07, 6.45) is 26.1. The van der Waals surface area contributed by atoms with Gasteiger partial charge in [-0.15, -0.1) is 0 Å². The van der Waals surface area contributed by atoms with E-state index in [2.05, 4.69) is 47.3 Å². The van der Waals surface area contributed by atoms with Crippen LogP contribution in [0.25, 0.3) is 0 Å². The van der Waals surface area contributed by atoms with Crippen molar-refractivity contribution in [2.24, 2.45) is 0 Å². The van der Waals surface area contributed by atoms with Gasteiger partial charge in [-0.05, 0) is 56.7 Å². The highest BCUT2D eigenvalue weighted by atomic mass is 16.5. The zero-order chi connectivity index (χ0) is 23.3. The minimum atomic E-state index is -0.295. The monoisotopic (exact) mass is 436 g/mol. The first-order chi connectivity index (χ1) is 15.7. The van der Waals surface area contributed by atoms with Gasteiger partial charge in [0, 0.05) is 6.42 Å². The predicted octanol–water partition coefficient (Wildman–Crippen LogP) is 6.92. The van der Waals surface area contributed by atoms with Crippen molar-refractivity contribution in [2.75, 3.05) is 7.11 Å². The van der Waals surface area contributed by atoms with Gasteiger partial charge in [-0.3, -0.25) is 4.79 Å². The first kappa shape index (κ1) is 26.9. The van der Waals surface area contributed by atoms with Gasteiger partial charge in [-0.25, -0.2) is 4.79 Å². The van der Waals surface area contributed by atoms with E-state index in [1.165, 1.54) is 7.11 Å². The maximum absolute atomic E-state index is 12.1. The zero-order valence-corrected chi connectivity index (χ0v) is 19.3. The molecule has 4 heteroatoms. The molecule has 0 amide bonds. The Morgan fingerprint density at radius 1 is 0.875 bits per heavy atom. The quantitative estimate of drug-likeness (QED) is 0.130. The van der Waals surface area contributed by atoms with Crippen molar-refractivity contribution in [3.05, 3.63) is 96.7 Å². The molecule has 1 aromatic rings. The molecule has 32 heavy (non-hydrogen) atoms. The molecule has 1 atom stereocenters. The smallest absolute Gasteiger partial charge is 0.338 e. The van der Waals surface area contributed by atoms with Gasteiger partial charge in [0.05, 0.1) is 12.7 Å². The van der Waals surface area contributed by atoms with Crippen LogP contribution < -0.4 is 0 Å². The number of unbranched alkanes of at least 4 members (excludes halogenated alkanes) is 1. The number of benzene rings is 1. The van der Waals surface area contributed by atoms with E-state index in [0.717, 1.165) is 38.5 Å². The third-order valence-electron chi connectivity index (χ3n) is 4.54. The lowest BCUT2D eigenvalue weighted by Crippen LogP contribution is -2.15. The van der Waals surface area contributed by atoms with E-state index in [1.54, 1.807) is 12.1 Å². The van der Waals surface area contributed by atoms with E-state index in [9.17, 15) is 9.59 Å². The minimum absolute atomic E-state index is 0.148. The van der Waals surface area contributed by atoms with E-state index < -0.39 is 0 Å². The fraction of sp³-hybridized carbons (Fsp3) is 0.357. The second kappa shape index (κ2) is 18.6. The second-order valence-corrected chi connectivity index (χ2v) is 7.12. The summed E-state index contributed by atoms with van der Waals surface area (Å²) in [6, 6.07) is 9.04. The molecular formula is C28H36O4. The van der Waals surface area contributed by atoms with Crippen molar-refractivity contribution in [3.63, 3.8) is 0 Å². The van der Waals surface area contributed by atoms with Crippen molar-refractivity contribution in [2.45, 2.75) is 58.0 Å². The summed E-state index contributed by atoms with van der Waals surface area (Å²) in [7, 11) is 1.42. The third-order valence-corrected chi connectivity index (χ3v) is 4.54. The van der Waals surface area contributed by atoms with Crippen LogP contribution in [-0.4, -0.2) is 25.2 Å². The molecule has 0 saturated heterocycles. The molecule has 0 N–H and O–H groups in total. The van der Waals surface area contributed by atoms with Gasteiger partial charge < -0.3 is 9.47 Å². The topological polar surface area (TPSA) is 52.6 Å². The Kier molecular flexibility index (Phi) is 15.6. The van der Waals surface area contributed by atoms with E-state index >= 15 is 0 Å². The van der Waals surface area contributed by atoms with Gasteiger partial charge in [-0.1, -0.05) is 79.8 Å². The van der Waals surface area contributed by atoms with Crippen molar-refractivity contribution < 1.29 is 19.1 Å². The van der Waals surface area contributed by atoms with Crippen LogP contribution in [-0.2, 0) is 14.3 Å². The Balaban J connectivity index is 2.14. The normalized spacial score (nSPS) is 13.1. The molecule has 0 saturated carbocycles. The number of hydrogen-bond donors (Lipinski definition) is 0. The van der Waals surface area contributed by atoms with Gasteiger partial charge in [0.25, 0.3) is 0 Å². The summed E-state index contributed by atoms with van der Waals surface area (Å²) in [6.45, 7) is 1.99. The number of ether oxygens (including phenoxy) is 2. The highest BCUT2D eigenvalue weighted by Crippen LogP contribution is 2.07. The van der Waals surface area contributed by atoms with Gasteiger partial charge in [0.2, 0.25) is 0 Å². The van der Waals surface area contributed by atoms with Crippen LogP contribution in [0.3, 0.4) is 0 Å². The van der Waals surface area contributed by atoms with Crippen LogP contribution in [0.1, 0.15) is 62.2 Å². The molecule has 0 fully saturated rings. The van der Waals surface area contributed by atoms with Crippen molar-refractivity contribution >= 4 is 11.9 Å². The first-order valence-corrected chi connectivity index (χ1v) is 11.3. The Hall–Kier alpha value is -3.14. The average Bonchev–Trinajstić information content (AvgIpc) is 2.83. The van der Waals surface area contributed by atoms with Crippen molar-refractivity contribution in [1.82, 2.24) is 0 Å². The summed E-state index contributed by atoms with van der Waals surface area (Å²) in [4.78, 5) is 23.1. The molecule has 0 aliphatic carbocycles. The molecule has 0 unspecified atom stereocenters. The highest BCUT2D eigenvalue weighted by Gasteiger charge is 2.11. The SMILES string of the molecule is CC[C@@H](/C=C/C=C\C/C=C\C/C=C\C/C=C\CCCC(=O)OC)OC(=O)c1ccccc1. The number of allylic oxidation sites excluding steroid dienone is 9. The number of methoxy groups -OCH3 is 1. The minimum Gasteiger partial charge on any atom is -0.469 e. The van der Waals surface area contributed by atoms with Crippen LogP contribution in [0.15, 0.2) is 91.1 Å². The van der Waals surface area contributed by atoms with Crippen LogP contribution in [0.5, 0.6) is 0 Å². The molecule has 0 aliphatic rings. The maximum Gasteiger partial charge on any atom is 0.338 e. The van der Waals surface area contributed by atoms with Crippen LogP contribution in [0.4, 0.5) is 0 Å². The fourth-order valence-electron chi connectivity index (χ4n) is 2.68. The number of esters is 2. The third kappa shape index (κ3) is 14.0. The molecule has 4 nitrogen and oxygen atoms in total. The molecule has 172 valence electrons. The fourth-order valence-corrected chi connectivity index (χ4v) is 2.68. The number of hydrogen-bond acceptors (Lipinski definition) is 4. The standard InChI is InChI=1S/C28H36O4/c1-3-26(32-28(30)25-21-17-16-18-22-25)23-19-14-12-10-8-6-4-5-7-9-11-13-15-20-24-27(29)31-2/h5-8,11-14,16-19,21-23,26H,3-4,9-10,15,20,24H2,1-2H3/b7-5-,8-6-,13-11-,14-12-,23-19+/t26-/m0/s1. The van der Waals surface area contributed by atoms with E-state index in [0.29, 0.717) is 12.0 Å². The maximum atomic E-state index is 12.1. The summed E-state index contributed by atoms with van der Waals surface area (Å²) in [5, 5.41) is 0. The van der Waals surface area contributed by atoms with Gasteiger partial charge in [0.1, 0.15) is 6.10 Å². The Labute approximate surface area is 193 Å². The lowest BCUT2D eigenvalue weighted by atomic mass is 10.2. The van der Waals surface area contributed by atoms with E-state index in [-0.39, 0.29) is 18.0 Å². The zero-order valence-electron chi connectivity index (χ0n) is 19.3. The van der Waals surface area contributed by atoms with Crippen LogP contribution in [0, 0.1) is 0 Å². The number of carbonyl (C=O) groups is 2. The van der Waals surface area contributed by atoms with Gasteiger partial charge in [0.15, 0.2) is 0 Å². The summed E-state index contributed by atoms with van der Waals surface area (Å²) >= 11 is 0. The molecule has 1 aromatic carbocycles. The Bertz CT molecular complexity index is 785. The molecule has 0 heterocycles. The molecular weight excluding hydrogens is 400 g/mol. The van der Waals surface area contributed by atoms with Crippen LogP contribution >= 0.6 is 0 Å². The number of carbonyl (C=O) groups excluding carboxylic acids is 2. The van der Waals surface area contributed by atoms with Gasteiger partial charge >= 0.3 is 11.9 Å². The first-order valence-electron chi connectivity index (χ1n) is 11.3. The van der Waals surface area contributed by atoms with Gasteiger partial charge in [-0.2, -0.15) is 0 Å². The second-order valence-electron chi connectivity index (χ2n) is 7.12. The van der Waals surface area contributed by atoms with E-state index in [1.807, 2.05) is 43.4 Å². The Morgan fingerprint density at radius 3 is 2.12 bits per heavy atom. The van der Waals surface area contributed by atoms with Crippen LogP contribution in [0.2, 0.25) is 0 Å². The highest BCUT2D eigenvalue weighted by molar-refractivity contribution is 5.89. The molecule has 0 aliphatic heterocycles. The van der Waals surface area contributed by atoms with Crippen molar-refractivity contribution in [3.8, 4) is 0 Å². The molecule has 0 spiro atoms. The summed E-state index contributed by atoms with van der Waals surface area (Å²) in [5.74, 6) is -0.443. The summed E-state index contributed by atoms with van der Waals surface area (Å²) < 4.78 is 10.1. The molecule has 0 bridgehead atoms. The largest absolute Gasteiger partial charge is 0.469 e. The average molecular weight is 437 g/mol. The molecule has 0 aromatic heterocycles. The summed E-state index contributed by atoms with van der Waals surface area (Å²) in [5.41, 5.74) is 0.570. The Morgan fingerprint density at radius 2 is 1.50 bits per heavy atom.